The first-order valence-electron chi connectivity index (χ1n) is 7.09. The molecule has 1 amide bonds. The standard InChI is InChI=1S/C18H16N2O/c19-12-16(14-9-5-2-6-10-14)18(21)20-17-11-15(17)13-7-3-1-4-8-13/h1-10,15-17H,11H2,(H,20,21). The van der Waals surface area contributed by atoms with E-state index in [1.165, 1.54) is 5.56 Å². The molecule has 2 aromatic carbocycles. The van der Waals surface area contributed by atoms with E-state index >= 15 is 0 Å². The van der Waals surface area contributed by atoms with E-state index < -0.39 is 5.92 Å². The largest absolute Gasteiger partial charge is 0.351 e. The molecule has 1 saturated carbocycles. The Kier molecular flexibility index (Phi) is 3.70. The molecule has 2 aromatic rings. The molecule has 1 N–H and O–H groups in total. The fraction of sp³-hybridized carbons (Fsp3) is 0.222. The van der Waals surface area contributed by atoms with Gasteiger partial charge in [0.1, 0.15) is 5.92 Å². The van der Waals surface area contributed by atoms with Crippen LogP contribution in [0.2, 0.25) is 0 Å². The number of nitrogens with zero attached hydrogens (tertiary/aromatic N) is 1. The molecule has 0 bridgehead atoms. The van der Waals surface area contributed by atoms with Gasteiger partial charge in [0.05, 0.1) is 6.07 Å². The van der Waals surface area contributed by atoms with Crippen LogP contribution in [-0.2, 0) is 4.79 Å². The molecule has 3 atom stereocenters. The van der Waals surface area contributed by atoms with E-state index in [0.717, 1.165) is 12.0 Å². The summed E-state index contributed by atoms with van der Waals surface area (Å²) in [6, 6.07) is 21.6. The van der Waals surface area contributed by atoms with E-state index in [2.05, 4.69) is 23.5 Å². The number of rotatable bonds is 4. The van der Waals surface area contributed by atoms with Gasteiger partial charge < -0.3 is 5.32 Å². The zero-order valence-corrected chi connectivity index (χ0v) is 11.6. The molecule has 3 nitrogen and oxygen atoms in total. The molecule has 0 aromatic heterocycles. The van der Waals surface area contributed by atoms with Crippen LogP contribution in [0.25, 0.3) is 0 Å². The van der Waals surface area contributed by atoms with E-state index in [9.17, 15) is 10.1 Å². The number of benzene rings is 2. The number of carbonyl (C=O) groups is 1. The molecule has 0 aliphatic heterocycles. The summed E-state index contributed by atoms with van der Waals surface area (Å²) in [6.45, 7) is 0. The minimum absolute atomic E-state index is 0.152. The summed E-state index contributed by atoms with van der Waals surface area (Å²) in [5.41, 5.74) is 1.99. The molecule has 0 heterocycles. The number of nitriles is 1. The first-order valence-corrected chi connectivity index (χ1v) is 7.09. The molecule has 1 fully saturated rings. The van der Waals surface area contributed by atoms with Crippen LogP contribution in [0.3, 0.4) is 0 Å². The summed E-state index contributed by atoms with van der Waals surface area (Å²) in [5, 5.41) is 12.2. The van der Waals surface area contributed by atoms with Gasteiger partial charge in [-0.05, 0) is 17.5 Å². The van der Waals surface area contributed by atoms with Crippen molar-refractivity contribution in [3.63, 3.8) is 0 Å². The van der Waals surface area contributed by atoms with Crippen molar-refractivity contribution in [2.45, 2.75) is 24.3 Å². The highest BCUT2D eigenvalue weighted by Crippen LogP contribution is 2.40. The topological polar surface area (TPSA) is 52.9 Å². The highest BCUT2D eigenvalue weighted by atomic mass is 16.2. The minimum atomic E-state index is -0.733. The van der Waals surface area contributed by atoms with E-state index in [1.54, 1.807) is 0 Å². The van der Waals surface area contributed by atoms with Crippen LogP contribution in [-0.4, -0.2) is 11.9 Å². The van der Waals surface area contributed by atoms with Crippen molar-refractivity contribution >= 4 is 5.91 Å². The summed E-state index contributed by atoms with van der Waals surface area (Å²) in [6.07, 6.45) is 0.947. The average Bonchev–Trinajstić information content (AvgIpc) is 3.29. The molecule has 0 radical (unpaired) electrons. The van der Waals surface area contributed by atoms with Crippen molar-refractivity contribution in [2.75, 3.05) is 0 Å². The predicted octanol–water partition coefficient (Wildman–Crippen LogP) is 2.97. The Bertz CT molecular complexity index is 661. The zero-order chi connectivity index (χ0) is 14.7. The third-order valence-electron chi connectivity index (χ3n) is 3.87. The van der Waals surface area contributed by atoms with Crippen LogP contribution in [0.4, 0.5) is 0 Å². The minimum Gasteiger partial charge on any atom is -0.351 e. The molecule has 3 unspecified atom stereocenters. The summed E-state index contributed by atoms with van der Waals surface area (Å²) in [7, 11) is 0. The van der Waals surface area contributed by atoms with Crippen LogP contribution < -0.4 is 5.32 Å². The maximum absolute atomic E-state index is 12.3. The van der Waals surface area contributed by atoms with Gasteiger partial charge in [0.2, 0.25) is 5.91 Å². The van der Waals surface area contributed by atoms with Gasteiger partial charge in [0.15, 0.2) is 0 Å². The molecule has 1 aliphatic rings. The van der Waals surface area contributed by atoms with Crippen LogP contribution in [0.1, 0.15) is 29.4 Å². The molecule has 104 valence electrons. The normalized spacial score (nSPS) is 21.1. The zero-order valence-electron chi connectivity index (χ0n) is 11.6. The van der Waals surface area contributed by atoms with Crippen LogP contribution in [0.15, 0.2) is 60.7 Å². The van der Waals surface area contributed by atoms with Crippen LogP contribution in [0, 0.1) is 11.3 Å². The molecular weight excluding hydrogens is 260 g/mol. The third-order valence-corrected chi connectivity index (χ3v) is 3.87. The van der Waals surface area contributed by atoms with Gasteiger partial charge in [0, 0.05) is 12.0 Å². The van der Waals surface area contributed by atoms with E-state index in [0.29, 0.717) is 5.92 Å². The molecule has 0 saturated heterocycles. The van der Waals surface area contributed by atoms with Gasteiger partial charge in [-0.1, -0.05) is 60.7 Å². The fourth-order valence-corrected chi connectivity index (χ4v) is 2.62. The van der Waals surface area contributed by atoms with Crippen molar-refractivity contribution in [3.8, 4) is 6.07 Å². The summed E-state index contributed by atoms with van der Waals surface area (Å²) in [5.74, 6) is -0.555. The number of amides is 1. The Morgan fingerprint density at radius 2 is 1.71 bits per heavy atom. The maximum atomic E-state index is 12.3. The van der Waals surface area contributed by atoms with Gasteiger partial charge in [-0.15, -0.1) is 0 Å². The SMILES string of the molecule is N#CC(C(=O)NC1CC1c1ccccc1)c1ccccc1. The quantitative estimate of drug-likeness (QED) is 0.933. The van der Waals surface area contributed by atoms with E-state index in [1.807, 2.05) is 48.5 Å². The Morgan fingerprint density at radius 1 is 1.10 bits per heavy atom. The smallest absolute Gasteiger partial charge is 0.242 e. The lowest BCUT2D eigenvalue weighted by atomic mass is 10.00. The first-order chi connectivity index (χ1) is 10.3. The lowest BCUT2D eigenvalue weighted by Gasteiger charge is -2.10. The van der Waals surface area contributed by atoms with Crippen molar-refractivity contribution < 1.29 is 4.79 Å². The monoisotopic (exact) mass is 276 g/mol. The van der Waals surface area contributed by atoms with Gasteiger partial charge in [-0.2, -0.15) is 5.26 Å². The third kappa shape index (κ3) is 2.95. The van der Waals surface area contributed by atoms with Crippen molar-refractivity contribution in [1.82, 2.24) is 5.32 Å². The van der Waals surface area contributed by atoms with Crippen LogP contribution >= 0.6 is 0 Å². The van der Waals surface area contributed by atoms with Crippen molar-refractivity contribution in [1.29, 1.82) is 5.26 Å². The number of nitrogens with one attached hydrogen (secondary N) is 1. The Morgan fingerprint density at radius 3 is 2.33 bits per heavy atom. The number of hydrogen-bond donors (Lipinski definition) is 1. The molecular formula is C18H16N2O. The second kappa shape index (κ2) is 5.80. The van der Waals surface area contributed by atoms with Gasteiger partial charge >= 0.3 is 0 Å². The van der Waals surface area contributed by atoms with E-state index in [4.69, 9.17) is 0 Å². The van der Waals surface area contributed by atoms with Crippen molar-refractivity contribution in [3.05, 3.63) is 71.8 Å². The van der Waals surface area contributed by atoms with Crippen LogP contribution in [0.5, 0.6) is 0 Å². The second-order valence-corrected chi connectivity index (χ2v) is 5.34. The fourth-order valence-electron chi connectivity index (χ4n) is 2.62. The van der Waals surface area contributed by atoms with Gasteiger partial charge in [-0.25, -0.2) is 0 Å². The van der Waals surface area contributed by atoms with Crippen molar-refractivity contribution in [2.24, 2.45) is 0 Å². The highest BCUT2D eigenvalue weighted by molar-refractivity contribution is 5.87. The van der Waals surface area contributed by atoms with Gasteiger partial charge in [0.25, 0.3) is 0 Å². The molecule has 21 heavy (non-hydrogen) atoms. The molecule has 3 rings (SSSR count). The number of hydrogen-bond acceptors (Lipinski definition) is 2. The summed E-state index contributed by atoms with van der Waals surface area (Å²) < 4.78 is 0. The lowest BCUT2D eigenvalue weighted by molar-refractivity contribution is -0.121. The lowest BCUT2D eigenvalue weighted by Crippen LogP contribution is -2.31. The second-order valence-electron chi connectivity index (χ2n) is 5.34. The summed E-state index contributed by atoms with van der Waals surface area (Å²) >= 11 is 0. The molecule has 0 spiro atoms. The van der Waals surface area contributed by atoms with E-state index in [-0.39, 0.29) is 11.9 Å². The Labute approximate surface area is 124 Å². The first kappa shape index (κ1) is 13.4. The Balaban J connectivity index is 1.64. The average molecular weight is 276 g/mol. The maximum Gasteiger partial charge on any atom is 0.242 e. The Hall–Kier alpha value is -2.60. The number of carbonyl (C=O) groups excluding carboxylic acids is 1. The molecule has 1 aliphatic carbocycles. The molecule has 3 heteroatoms. The highest BCUT2D eigenvalue weighted by Gasteiger charge is 2.40. The summed E-state index contributed by atoms with van der Waals surface area (Å²) in [4.78, 5) is 12.3. The predicted molar refractivity (Wildman–Crippen MR) is 80.5 cm³/mol. The van der Waals surface area contributed by atoms with Gasteiger partial charge in [-0.3, -0.25) is 4.79 Å².